The van der Waals surface area contributed by atoms with Crippen LogP contribution in [0.5, 0.6) is 0 Å². The molecular formula is C16H17FN2O3S. The van der Waals surface area contributed by atoms with E-state index >= 15 is 0 Å². The number of rotatable bonds is 6. The molecule has 7 heteroatoms. The van der Waals surface area contributed by atoms with Gasteiger partial charge < -0.3 is 10.1 Å². The van der Waals surface area contributed by atoms with E-state index in [1.165, 1.54) is 36.8 Å². The molecule has 2 aromatic rings. The van der Waals surface area contributed by atoms with Gasteiger partial charge in [0, 0.05) is 12.5 Å². The van der Waals surface area contributed by atoms with E-state index in [4.69, 9.17) is 0 Å². The van der Waals surface area contributed by atoms with Crippen LogP contribution in [0.3, 0.4) is 0 Å². The van der Waals surface area contributed by atoms with Gasteiger partial charge in [-0.2, -0.15) is 0 Å². The second kappa shape index (κ2) is 7.82. The van der Waals surface area contributed by atoms with Crippen molar-refractivity contribution in [3.63, 3.8) is 0 Å². The number of methoxy groups -OCH3 is 1. The van der Waals surface area contributed by atoms with Gasteiger partial charge in [-0.05, 0) is 24.6 Å². The van der Waals surface area contributed by atoms with E-state index in [0.717, 1.165) is 10.6 Å². The second-order valence-corrected chi connectivity index (χ2v) is 6.19. The van der Waals surface area contributed by atoms with Crippen molar-refractivity contribution in [3.8, 4) is 0 Å². The standard InChI is InChI=1S/C16H17FN2O3S/c1-10(7-15(20)22-2)19-16(21)13-9-18-14(23-13)8-11-3-5-12(17)6-4-11/h3-6,9-10H,7-8H2,1-2H3,(H,19,21). The summed E-state index contributed by atoms with van der Waals surface area (Å²) in [5.41, 5.74) is 0.923. The Labute approximate surface area is 137 Å². The predicted molar refractivity (Wildman–Crippen MR) is 84.9 cm³/mol. The number of thiazole rings is 1. The molecule has 0 saturated carbocycles. The molecular weight excluding hydrogens is 319 g/mol. The second-order valence-electron chi connectivity index (χ2n) is 5.08. The van der Waals surface area contributed by atoms with Crippen LogP contribution in [0.1, 0.15) is 33.6 Å². The molecule has 0 aliphatic heterocycles. The third-order valence-corrected chi connectivity index (χ3v) is 4.12. The zero-order valence-electron chi connectivity index (χ0n) is 12.8. The van der Waals surface area contributed by atoms with Gasteiger partial charge in [-0.3, -0.25) is 9.59 Å². The van der Waals surface area contributed by atoms with Gasteiger partial charge in [0.1, 0.15) is 10.7 Å². The number of carbonyl (C=O) groups excluding carboxylic acids is 2. The summed E-state index contributed by atoms with van der Waals surface area (Å²) < 4.78 is 17.4. The first-order valence-electron chi connectivity index (χ1n) is 7.04. The fourth-order valence-corrected chi connectivity index (χ4v) is 2.81. The van der Waals surface area contributed by atoms with Crippen LogP contribution in [0.25, 0.3) is 0 Å². The molecule has 1 aromatic carbocycles. The molecule has 1 heterocycles. The molecule has 0 spiro atoms. The van der Waals surface area contributed by atoms with Gasteiger partial charge in [-0.1, -0.05) is 12.1 Å². The van der Waals surface area contributed by atoms with Gasteiger partial charge in [-0.15, -0.1) is 11.3 Å². The van der Waals surface area contributed by atoms with Crippen LogP contribution in [0, 0.1) is 5.82 Å². The summed E-state index contributed by atoms with van der Waals surface area (Å²) in [4.78, 5) is 27.9. The monoisotopic (exact) mass is 336 g/mol. The fourth-order valence-electron chi connectivity index (χ4n) is 1.95. The zero-order valence-corrected chi connectivity index (χ0v) is 13.7. The van der Waals surface area contributed by atoms with E-state index in [9.17, 15) is 14.0 Å². The minimum atomic E-state index is -0.376. The Hall–Kier alpha value is -2.28. The van der Waals surface area contributed by atoms with Crippen LogP contribution < -0.4 is 5.32 Å². The summed E-state index contributed by atoms with van der Waals surface area (Å²) in [6, 6.07) is 5.84. The Morgan fingerprint density at radius 3 is 2.70 bits per heavy atom. The van der Waals surface area contributed by atoms with Crippen LogP contribution >= 0.6 is 11.3 Å². The van der Waals surface area contributed by atoms with E-state index in [0.29, 0.717) is 11.3 Å². The molecule has 2 rings (SSSR count). The van der Waals surface area contributed by atoms with Crippen LogP contribution in [-0.2, 0) is 16.0 Å². The normalized spacial score (nSPS) is 11.8. The summed E-state index contributed by atoms with van der Waals surface area (Å²) in [6.45, 7) is 1.73. The number of aromatic nitrogens is 1. The molecule has 0 aliphatic carbocycles. The average molecular weight is 336 g/mol. The quantitative estimate of drug-likeness (QED) is 0.823. The molecule has 0 fully saturated rings. The van der Waals surface area contributed by atoms with Crippen LogP contribution in [0.15, 0.2) is 30.5 Å². The lowest BCUT2D eigenvalue weighted by molar-refractivity contribution is -0.141. The van der Waals surface area contributed by atoms with Gasteiger partial charge in [0.15, 0.2) is 0 Å². The summed E-state index contributed by atoms with van der Waals surface area (Å²) in [5.74, 6) is -0.934. The van der Waals surface area contributed by atoms with Crippen LogP contribution in [0.4, 0.5) is 4.39 Å². The van der Waals surface area contributed by atoms with Crippen molar-refractivity contribution in [1.29, 1.82) is 0 Å². The van der Waals surface area contributed by atoms with Crippen LogP contribution in [-0.4, -0.2) is 30.0 Å². The van der Waals surface area contributed by atoms with Gasteiger partial charge in [0.05, 0.1) is 24.7 Å². The summed E-state index contributed by atoms with van der Waals surface area (Å²) in [6.07, 6.45) is 2.16. The van der Waals surface area contributed by atoms with Gasteiger partial charge in [0.2, 0.25) is 0 Å². The first-order chi connectivity index (χ1) is 11.0. The first-order valence-corrected chi connectivity index (χ1v) is 7.86. The molecule has 23 heavy (non-hydrogen) atoms. The smallest absolute Gasteiger partial charge is 0.307 e. The minimum absolute atomic E-state index is 0.115. The van der Waals surface area contributed by atoms with E-state index < -0.39 is 0 Å². The average Bonchev–Trinajstić information content (AvgIpc) is 2.98. The Morgan fingerprint density at radius 1 is 1.35 bits per heavy atom. The number of carbonyl (C=O) groups is 2. The highest BCUT2D eigenvalue weighted by Crippen LogP contribution is 2.17. The number of esters is 1. The highest BCUT2D eigenvalue weighted by Gasteiger charge is 2.16. The van der Waals surface area contributed by atoms with Crippen molar-refractivity contribution in [2.75, 3.05) is 7.11 Å². The van der Waals surface area contributed by atoms with Gasteiger partial charge in [0.25, 0.3) is 5.91 Å². The lowest BCUT2D eigenvalue weighted by Gasteiger charge is -2.11. The number of halogens is 1. The van der Waals surface area contributed by atoms with E-state index in [-0.39, 0.29) is 30.2 Å². The molecule has 122 valence electrons. The number of hydrogen-bond acceptors (Lipinski definition) is 5. The Morgan fingerprint density at radius 2 is 2.04 bits per heavy atom. The van der Waals surface area contributed by atoms with Crippen molar-refractivity contribution in [3.05, 3.63) is 51.7 Å². The van der Waals surface area contributed by atoms with E-state index in [2.05, 4.69) is 15.0 Å². The lowest BCUT2D eigenvalue weighted by atomic mass is 10.2. The number of ether oxygens (including phenoxy) is 1. The van der Waals surface area contributed by atoms with Crippen molar-refractivity contribution in [2.45, 2.75) is 25.8 Å². The summed E-state index contributed by atoms with van der Waals surface area (Å²) >= 11 is 1.27. The maximum Gasteiger partial charge on any atom is 0.307 e. The molecule has 0 bridgehead atoms. The number of nitrogens with one attached hydrogen (secondary N) is 1. The van der Waals surface area contributed by atoms with Crippen molar-refractivity contribution in [1.82, 2.24) is 10.3 Å². The molecule has 0 saturated heterocycles. The van der Waals surface area contributed by atoms with Crippen molar-refractivity contribution >= 4 is 23.2 Å². The minimum Gasteiger partial charge on any atom is -0.469 e. The van der Waals surface area contributed by atoms with Gasteiger partial charge in [-0.25, -0.2) is 9.37 Å². The fraction of sp³-hybridized carbons (Fsp3) is 0.312. The summed E-state index contributed by atoms with van der Waals surface area (Å²) in [5, 5.41) is 3.49. The van der Waals surface area contributed by atoms with Crippen LogP contribution in [0.2, 0.25) is 0 Å². The molecule has 0 aliphatic rings. The number of benzene rings is 1. The molecule has 1 unspecified atom stereocenters. The third kappa shape index (κ3) is 5.14. The Kier molecular flexibility index (Phi) is 5.81. The third-order valence-electron chi connectivity index (χ3n) is 3.12. The molecule has 0 radical (unpaired) electrons. The molecule has 1 N–H and O–H groups in total. The highest BCUT2D eigenvalue weighted by atomic mass is 32.1. The van der Waals surface area contributed by atoms with Gasteiger partial charge >= 0.3 is 5.97 Å². The maximum atomic E-state index is 12.9. The molecule has 5 nitrogen and oxygen atoms in total. The highest BCUT2D eigenvalue weighted by molar-refractivity contribution is 7.13. The lowest BCUT2D eigenvalue weighted by Crippen LogP contribution is -2.34. The number of hydrogen-bond donors (Lipinski definition) is 1. The van der Waals surface area contributed by atoms with Crippen molar-refractivity contribution in [2.24, 2.45) is 0 Å². The molecule has 1 aromatic heterocycles. The Bertz CT molecular complexity index is 685. The maximum absolute atomic E-state index is 12.9. The molecule has 1 amide bonds. The SMILES string of the molecule is COC(=O)CC(C)NC(=O)c1cnc(Cc2ccc(F)cc2)s1. The molecule has 1 atom stereocenters. The predicted octanol–water partition coefficient (Wildman–Crippen LogP) is 2.55. The van der Waals surface area contributed by atoms with E-state index in [1.807, 2.05) is 0 Å². The topological polar surface area (TPSA) is 68.3 Å². The largest absolute Gasteiger partial charge is 0.469 e. The Balaban J connectivity index is 1.94. The number of amides is 1. The summed E-state index contributed by atoms with van der Waals surface area (Å²) in [7, 11) is 1.31. The van der Waals surface area contributed by atoms with E-state index in [1.54, 1.807) is 19.1 Å². The van der Waals surface area contributed by atoms with Crippen molar-refractivity contribution < 1.29 is 18.7 Å². The number of nitrogens with zero attached hydrogens (tertiary/aromatic N) is 1. The zero-order chi connectivity index (χ0) is 16.8. The first kappa shape index (κ1) is 17.1.